The average Bonchev–Trinajstić information content (AvgIpc) is 3.06. The van der Waals surface area contributed by atoms with Gasteiger partial charge in [0.25, 0.3) is 0 Å². The van der Waals surface area contributed by atoms with E-state index in [0.717, 1.165) is 27.1 Å². The minimum atomic E-state index is -0.220. The Hall–Kier alpha value is -1.76. The SMILES string of the molecule is CCn1cc(C(NN)c2cc3ccc(F)cc3s2)cn1. The number of thiophene rings is 1. The van der Waals surface area contributed by atoms with Crippen LogP contribution in [0.4, 0.5) is 4.39 Å². The molecule has 20 heavy (non-hydrogen) atoms. The van der Waals surface area contributed by atoms with E-state index in [0.29, 0.717) is 0 Å². The first-order chi connectivity index (χ1) is 9.71. The van der Waals surface area contributed by atoms with Crippen LogP contribution in [0.25, 0.3) is 10.1 Å². The highest BCUT2D eigenvalue weighted by Gasteiger charge is 2.17. The Morgan fingerprint density at radius 3 is 3.00 bits per heavy atom. The molecule has 1 aromatic carbocycles. The molecule has 0 fully saturated rings. The molecule has 1 atom stereocenters. The van der Waals surface area contributed by atoms with E-state index in [2.05, 4.69) is 10.5 Å². The second-order valence-electron chi connectivity index (χ2n) is 4.56. The van der Waals surface area contributed by atoms with Gasteiger partial charge in [0.05, 0.1) is 12.2 Å². The molecule has 1 unspecified atom stereocenters. The monoisotopic (exact) mass is 290 g/mol. The van der Waals surface area contributed by atoms with Crippen molar-refractivity contribution in [2.75, 3.05) is 0 Å². The Balaban J connectivity index is 2.02. The number of nitrogens with two attached hydrogens (primary N) is 1. The van der Waals surface area contributed by atoms with Gasteiger partial charge in [-0.2, -0.15) is 5.10 Å². The lowest BCUT2D eigenvalue weighted by Gasteiger charge is -2.11. The summed E-state index contributed by atoms with van der Waals surface area (Å²) in [6, 6.07) is 6.71. The van der Waals surface area contributed by atoms with Crippen molar-refractivity contribution < 1.29 is 4.39 Å². The van der Waals surface area contributed by atoms with E-state index in [-0.39, 0.29) is 11.9 Å². The summed E-state index contributed by atoms with van der Waals surface area (Å²) in [5, 5.41) is 5.29. The van der Waals surface area contributed by atoms with Crippen LogP contribution in [0, 0.1) is 5.82 Å². The van der Waals surface area contributed by atoms with Gasteiger partial charge in [-0.15, -0.1) is 11.3 Å². The van der Waals surface area contributed by atoms with Crippen LogP contribution < -0.4 is 11.3 Å². The van der Waals surface area contributed by atoms with Crippen LogP contribution in [0.5, 0.6) is 0 Å². The maximum Gasteiger partial charge on any atom is 0.124 e. The molecule has 0 saturated carbocycles. The normalized spacial score (nSPS) is 12.9. The van der Waals surface area contributed by atoms with E-state index >= 15 is 0 Å². The molecule has 3 N–H and O–H groups in total. The van der Waals surface area contributed by atoms with Gasteiger partial charge in [-0.3, -0.25) is 10.5 Å². The van der Waals surface area contributed by atoms with Crippen molar-refractivity contribution in [2.45, 2.75) is 19.5 Å². The quantitative estimate of drug-likeness (QED) is 0.574. The van der Waals surface area contributed by atoms with Gasteiger partial charge in [-0.25, -0.2) is 9.82 Å². The number of aromatic nitrogens is 2. The molecule has 0 radical (unpaired) electrons. The minimum Gasteiger partial charge on any atom is -0.273 e. The number of hydrazine groups is 1. The Labute approximate surface area is 120 Å². The summed E-state index contributed by atoms with van der Waals surface area (Å²) in [6.07, 6.45) is 3.77. The number of aryl methyl sites for hydroxylation is 1. The van der Waals surface area contributed by atoms with Crippen LogP contribution in [0.15, 0.2) is 36.7 Å². The van der Waals surface area contributed by atoms with Gasteiger partial charge < -0.3 is 0 Å². The van der Waals surface area contributed by atoms with Crippen molar-refractivity contribution in [2.24, 2.45) is 5.84 Å². The number of hydrogen-bond acceptors (Lipinski definition) is 4. The van der Waals surface area contributed by atoms with E-state index in [9.17, 15) is 4.39 Å². The first-order valence-electron chi connectivity index (χ1n) is 6.38. The zero-order valence-electron chi connectivity index (χ0n) is 11.0. The van der Waals surface area contributed by atoms with E-state index in [1.165, 1.54) is 17.4 Å². The predicted octanol–water partition coefficient (Wildman–Crippen LogP) is 2.81. The summed E-state index contributed by atoms with van der Waals surface area (Å²) < 4.78 is 16.0. The zero-order valence-corrected chi connectivity index (χ0v) is 11.8. The third-order valence-electron chi connectivity index (χ3n) is 3.26. The summed E-state index contributed by atoms with van der Waals surface area (Å²) in [5.74, 6) is 5.46. The van der Waals surface area contributed by atoms with Crippen molar-refractivity contribution in [3.63, 3.8) is 0 Å². The third-order valence-corrected chi connectivity index (χ3v) is 4.43. The van der Waals surface area contributed by atoms with E-state index in [1.54, 1.807) is 18.3 Å². The lowest BCUT2D eigenvalue weighted by molar-refractivity contribution is 0.630. The van der Waals surface area contributed by atoms with Gasteiger partial charge in [-0.1, -0.05) is 6.07 Å². The van der Waals surface area contributed by atoms with Crippen LogP contribution >= 0.6 is 11.3 Å². The molecule has 3 aromatic rings. The highest BCUT2D eigenvalue weighted by Crippen LogP contribution is 2.33. The van der Waals surface area contributed by atoms with Gasteiger partial charge in [0, 0.05) is 27.9 Å². The fourth-order valence-electron chi connectivity index (χ4n) is 2.21. The molecule has 0 bridgehead atoms. The first kappa shape index (κ1) is 13.2. The van der Waals surface area contributed by atoms with E-state index < -0.39 is 0 Å². The highest BCUT2D eigenvalue weighted by molar-refractivity contribution is 7.19. The van der Waals surface area contributed by atoms with Gasteiger partial charge in [-0.05, 0) is 30.5 Å². The lowest BCUT2D eigenvalue weighted by atomic mass is 10.1. The molecule has 104 valence electrons. The topological polar surface area (TPSA) is 55.9 Å². The number of fused-ring (bicyclic) bond motifs is 1. The molecule has 0 spiro atoms. The van der Waals surface area contributed by atoms with E-state index in [1.807, 2.05) is 23.9 Å². The number of nitrogens with zero attached hydrogens (tertiary/aromatic N) is 2. The van der Waals surface area contributed by atoms with Gasteiger partial charge in [0.2, 0.25) is 0 Å². The maximum atomic E-state index is 13.3. The predicted molar refractivity (Wildman–Crippen MR) is 78.9 cm³/mol. The molecule has 0 aliphatic heterocycles. The highest BCUT2D eigenvalue weighted by atomic mass is 32.1. The van der Waals surface area contributed by atoms with Crippen LogP contribution in [0.1, 0.15) is 23.4 Å². The number of benzene rings is 1. The molecule has 4 nitrogen and oxygen atoms in total. The Morgan fingerprint density at radius 1 is 1.45 bits per heavy atom. The number of nitrogens with one attached hydrogen (secondary N) is 1. The largest absolute Gasteiger partial charge is 0.273 e. The fourth-order valence-corrected chi connectivity index (χ4v) is 3.39. The zero-order chi connectivity index (χ0) is 14.1. The van der Waals surface area contributed by atoms with Crippen molar-refractivity contribution in [1.82, 2.24) is 15.2 Å². The molecule has 6 heteroatoms. The molecule has 0 amide bonds. The first-order valence-corrected chi connectivity index (χ1v) is 7.20. The minimum absolute atomic E-state index is 0.129. The van der Waals surface area contributed by atoms with Crippen molar-refractivity contribution in [3.05, 3.63) is 52.9 Å². The smallest absolute Gasteiger partial charge is 0.124 e. The average molecular weight is 290 g/mol. The Morgan fingerprint density at radius 2 is 2.30 bits per heavy atom. The molecular weight excluding hydrogens is 275 g/mol. The molecule has 0 aliphatic carbocycles. The number of hydrogen-bond donors (Lipinski definition) is 2. The van der Waals surface area contributed by atoms with Crippen LogP contribution in [-0.4, -0.2) is 9.78 Å². The summed E-state index contributed by atoms with van der Waals surface area (Å²) in [5.41, 5.74) is 3.81. The number of halogens is 1. The molecule has 0 aliphatic rings. The second kappa shape index (κ2) is 5.32. The standard InChI is InChI=1S/C14H15FN4S/c1-2-19-8-10(7-17-19)14(18-16)13-5-9-3-4-11(15)6-12(9)20-13/h3-8,14,18H,2,16H2,1H3. The second-order valence-corrected chi connectivity index (χ2v) is 5.68. The van der Waals surface area contributed by atoms with Crippen LogP contribution in [0.3, 0.4) is 0 Å². The summed E-state index contributed by atoms with van der Waals surface area (Å²) in [7, 11) is 0. The van der Waals surface area contributed by atoms with Crippen LogP contribution in [0.2, 0.25) is 0 Å². The van der Waals surface area contributed by atoms with E-state index in [4.69, 9.17) is 5.84 Å². The van der Waals surface area contributed by atoms with Gasteiger partial charge in [0.1, 0.15) is 5.82 Å². The van der Waals surface area contributed by atoms with Crippen molar-refractivity contribution in [3.8, 4) is 0 Å². The summed E-state index contributed by atoms with van der Waals surface area (Å²) in [6.45, 7) is 2.85. The summed E-state index contributed by atoms with van der Waals surface area (Å²) >= 11 is 1.54. The Bertz CT molecular complexity index is 734. The Kier molecular flexibility index (Phi) is 3.52. The van der Waals surface area contributed by atoms with Crippen LogP contribution in [-0.2, 0) is 6.54 Å². The van der Waals surface area contributed by atoms with Crippen molar-refractivity contribution in [1.29, 1.82) is 0 Å². The summed E-state index contributed by atoms with van der Waals surface area (Å²) in [4.78, 5) is 1.05. The lowest BCUT2D eigenvalue weighted by Crippen LogP contribution is -2.27. The molecule has 2 heterocycles. The maximum absolute atomic E-state index is 13.3. The van der Waals surface area contributed by atoms with Crippen molar-refractivity contribution >= 4 is 21.4 Å². The van der Waals surface area contributed by atoms with Gasteiger partial charge in [0.15, 0.2) is 0 Å². The number of rotatable bonds is 4. The molecule has 0 saturated heterocycles. The molecule has 3 rings (SSSR count). The molecular formula is C14H15FN4S. The van der Waals surface area contributed by atoms with Gasteiger partial charge >= 0.3 is 0 Å². The fraction of sp³-hybridized carbons (Fsp3) is 0.214. The molecule has 2 aromatic heterocycles. The third kappa shape index (κ3) is 2.33.